The number of rotatable bonds is 2. The van der Waals surface area contributed by atoms with Gasteiger partial charge < -0.3 is 0 Å². The molecule has 1 aliphatic carbocycles. The number of hydrogen-bond donors (Lipinski definition) is 1. The van der Waals surface area contributed by atoms with Crippen LogP contribution in [0.4, 0.5) is 0 Å². The zero-order valence-corrected chi connectivity index (χ0v) is 7.90. The third-order valence-corrected chi connectivity index (χ3v) is 3.30. The molecular weight excluding hydrogens is 172 g/mol. The molecule has 0 aliphatic heterocycles. The van der Waals surface area contributed by atoms with Gasteiger partial charge in [0.2, 0.25) is 0 Å². The van der Waals surface area contributed by atoms with E-state index in [4.69, 9.17) is 10.4 Å². The minimum atomic E-state index is -1.32. The maximum Gasteiger partial charge on any atom is 0.0904 e. The van der Waals surface area contributed by atoms with E-state index in [-0.39, 0.29) is 5.41 Å². The molecule has 0 aromatic carbocycles. The van der Waals surface area contributed by atoms with Crippen LogP contribution in [-0.4, -0.2) is 9.96 Å². The van der Waals surface area contributed by atoms with Gasteiger partial charge in [0.05, 0.1) is 28.2 Å². The minimum Gasteiger partial charge on any atom is -0.252 e. The van der Waals surface area contributed by atoms with E-state index in [0.717, 1.165) is 25.7 Å². The molecule has 0 aromatic rings. The van der Waals surface area contributed by atoms with Crippen LogP contribution in [-0.2, 0) is 11.0 Å². The average Bonchev–Trinajstić information content (AvgIpc) is 2.05. The second-order valence-corrected chi connectivity index (χ2v) is 4.53. The number of nitrogens with two attached hydrogens (primary N) is 1. The Balaban J connectivity index is 2.61. The van der Waals surface area contributed by atoms with Crippen molar-refractivity contribution in [3.8, 4) is 6.07 Å². The van der Waals surface area contributed by atoms with Crippen LogP contribution < -0.4 is 5.14 Å². The predicted molar refractivity (Wildman–Crippen MR) is 48.3 cm³/mol. The fraction of sp³-hybridized carbons (Fsp3) is 0.875. The molecule has 0 spiro atoms. The van der Waals surface area contributed by atoms with Gasteiger partial charge in [-0.3, -0.25) is 5.14 Å². The lowest BCUT2D eigenvalue weighted by molar-refractivity contribution is 0.300. The number of hydrogen-bond acceptors (Lipinski definition) is 2. The Morgan fingerprint density at radius 2 is 2.00 bits per heavy atom. The number of nitriles is 1. The van der Waals surface area contributed by atoms with Gasteiger partial charge in [-0.1, -0.05) is 19.3 Å². The molecule has 1 atom stereocenters. The van der Waals surface area contributed by atoms with E-state index in [1.54, 1.807) is 0 Å². The van der Waals surface area contributed by atoms with Crippen LogP contribution in [0.15, 0.2) is 0 Å². The van der Waals surface area contributed by atoms with Crippen LogP contribution in [0.5, 0.6) is 0 Å². The van der Waals surface area contributed by atoms with E-state index in [2.05, 4.69) is 6.07 Å². The molecular formula is C8H14N2OS. The van der Waals surface area contributed by atoms with Crippen LogP contribution in [0.25, 0.3) is 0 Å². The monoisotopic (exact) mass is 186 g/mol. The summed E-state index contributed by atoms with van der Waals surface area (Å²) in [5.74, 6) is 0.351. The van der Waals surface area contributed by atoms with E-state index in [0.29, 0.717) is 5.75 Å². The summed E-state index contributed by atoms with van der Waals surface area (Å²) in [6.07, 6.45) is 5.08. The molecule has 68 valence electrons. The lowest BCUT2D eigenvalue weighted by Gasteiger charge is -2.29. The quantitative estimate of drug-likeness (QED) is 0.701. The normalized spacial score (nSPS) is 24.3. The molecule has 1 fully saturated rings. The SMILES string of the molecule is N#CC1(CS(N)=O)CCCCC1. The Morgan fingerprint density at radius 1 is 1.42 bits per heavy atom. The lowest BCUT2D eigenvalue weighted by atomic mass is 9.77. The summed E-state index contributed by atoms with van der Waals surface area (Å²) in [4.78, 5) is 0. The molecule has 0 heterocycles. The summed E-state index contributed by atoms with van der Waals surface area (Å²) in [7, 11) is -1.32. The molecule has 0 aromatic heterocycles. The maximum atomic E-state index is 10.8. The zero-order valence-electron chi connectivity index (χ0n) is 7.08. The van der Waals surface area contributed by atoms with Gasteiger partial charge in [-0.05, 0) is 12.8 Å². The third-order valence-electron chi connectivity index (χ3n) is 2.47. The largest absolute Gasteiger partial charge is 0.252 e. The fourth-order valence-electron chi connectivity index (χ4n) is 1.79. The van der Waals surface area contributed by atoms with Gasteiger partial charge in [0.25, 0.3) is 0 Å². The Morgan fingerprint density at radius 3 is 2.42 bits per heavy atom. The molecule has 1 rings (SSSR count). The first-order valence-corrected chi connectivity index (χ1v) is 5.61. The fourth-order valence-corrected chi connectivity index (χ4v) is 2.69. The highest BCUT2D eigenvalue weighted by atomic mass is 32.2. The summed E-state index contributed by atoms with van der Waals surface area (Å²) in [5, 5.41) is 14.2. The summed E-state index contributed by atoms with van der Waals surface area (Å²) >= 11 is 0. The summed E-state index contributed by atoms with van der Waals surface area (Å²) < 4.78 is 10.8. The molecule has 0 amide bonds. The van der Waals surface area contributed by atoms with Crippen LogP contribution in [0.1, 0.15) is 32.1 Å². The van der Waals surface area contributed by atoms with Gasteiger partial charge in [0.1, 0.15) is 0 Å². The minimum absolute atomic E-state index is 0.351. The van der Waals surface area contributed by atoms with E-state index in [1.165, 1.54) is 6.42 Å². The van der Waals surface area contributed by atoms with E-state index < -0.39 is 11.0 Å². The van der Waals surface area contributed by atoms with Crippen LogP contribution >= 0.6 is 0 Å². The summed E-state index contributed by atoms with van der Waals surface area (Å²) in [6.45, 7) is 0. The van der Waals surface area contributed by atoms with Crippen molar-refractivity contribution in [2.24, 2.45) is 10.6 Å². The van der Waals surface area contributed by atoms with Crippen molar-refractivity contribution in [3.63, 3.8) is 0 Å². The Bertz CT molecular complexity index is 216. The second kappa shape index (κ2) is 4.01. The lowest BCUT2D eigenvalue weighted by Crippen LogP contribution is -2.31. The van der Waals surface area contributed by atoms with Crippen molar-refractivity contribution < 1.29 is 4.21 Å². The van der Waals surface area contributed by atoms with Crippen LogP contribution in [0.3, 0.4) is 0 Å². The van der Waals surface area contributed by atoms with Crippen molar-refractivity contribution in [2.45, 2.75) is 32.1 Å². The van der Waals surface area contributed by atoms with E-state index in [9.17, 15) is 4.21 Å². The van der Waals surface area contributed by atoms with Gasteiger partial charge in [-0.25, -0.2) is 4.21 Å². The molecule has 0 radical (unpaired) electrons. The van der Waals surface area contributed by atoms with E-state index in [1.807, 2.05) is 0 Å². The molecule has 1 aliphatic rings. The van der Waals surface area contributed by atoms with Gasteiger partial charge in [-0.2, -0.15) is 5.26 Å². The highest BCUT2D eigenvalue weighted by Gasteiger charge is 2.33. The Kier molecular flexibility index (Phi) is 3.24. The highest BCUT2D eigenvalue weighted by molar-refractivity contribution is 7.82. The van der Waals surface area contributed by atoms with Crippen molar-refractivity contribution in [2.75, 3.05) is 5.75 Å². The second-order valence-electron chi connectivity index (χ2n) is 3.48. The van der Waals surface area contributed by atoms with Crippen LogP contribution in [0.2, 0.25) is 0 Å². The third kappa shape index (κ3) is 2.29. The number of nitrogens with zero attached hydrogens (tertiary/aromatic N) is 1. The van der Waals surface area contributed by atoms with E-state index >= 15 is 0 Å². The molecule has 12 heavy (non-hydrogen) atoms. The van der Waals surface area contributed by atoms with Crippen molar-refractivity contribution in [1.82, 2.24) is 0 Å². The van der Waals surface area contributed by atoms with Gasteiger partial charge in [-0.15, -0.1) is 0 Å². The first-order chi connectivity index (χ1) is 5.68. The Hall–Kier alpha value is -0.400. The molecule has 3 nitrogen and oxygen atoms in total. The molecule has 1 unspecified atom stereocenters. The standard InChI is InChI=1S/C8H14N2OS/c9-6-8(7-12(10)11)4-2-1-3-5-8/h1-5,7,10H2. The smallest absolute Gasteiger partial charge is 0.0904 e. The molecule has 0 saturated heterocycles. The maximum absolute atomic E-state index is 10.8. The molecule has 2 N–H and O–H groups in total. The van der Waals surface area contributed by atoms with Crippen molar-refractivity contribution in [1.29, 1.82) is 5.26 Å². The summed E-state index contributed by atoms with van der Waals surface area (Å²) in [5.41, 5.74) is -0.377. The van der Waals surface area contributed by atoms with Gasteiger partial charge in [0, 0.05) is 0 Å². The van der Waals surface area contributed by atoms with Gasteiger partial charge >= 0.3 is 0 Å². The first-order valence-electron chi connectivity index (χ1n) is 4.23. The van der Waals surface area contributed by atoms with Crippen molar-refractivity contribution >= 4 is 11.0 Å². The predicted octanol–water partition coefficient (Wildman–Crippen LogP) is 1.08. The average molecular weight is 186 g/mol. The zero-order chi connectivity index (χ0) is 9.03. The highest BCUT2D eigenvalue weighted by Crippen LogP contribution is 2.35. The molecule has 0 bridgehead atoms. The van der Waals surface area contributed by atoms with Crippen molar-refractivity contribution in [3.05, 3.63) is 0 Å². The summed E-state index contributed by atoms with van der Waals surface area (Å²) in [6, 6.07) is 2.28. The van der Waals surface area contributed by atoms with Crippen LogP contribution in [0, 0.1) is 16.7 Å². The Labute approximate surface area is 75.5 Å². The van der Waals surface area contributed by atoms with Gasteiger partial charge in [0.15, 0.2) is 0 Å². The molecule has 1 saturated carbocycles. The topological polar surface area (TPSA) is 66.9 Å². The first kappa shape index (κ1) is 9.69. The molecule has 4 heteroatoms.